The molecule has 2 aliphatic carbocycles. The number of hydrogen-bond acceptors (Lipinski definition) is 4. The maximum atomic E-state index is 12.5. The van der Waals surface area contributed by atoms with Crippen molar-refractivity contribution < 1.29 is 19.1 Å². The number of esters is 1. The number of carbonyl (C=O) groups excluding carboxylic acids is 2. The summed E-state index contributed by atoms with van der Waals surface area (Å²) in [5, 5.41) is 2.75. The molecule has 1 N–H and O–H groups in total. The molecule has 4 rings (SSSR count). The molecule has 1 saturated carbocycles. The highest BCUT2D eigenvalue weighted by molar-refractivity contribution is 5.82. The van der Waals surface area contributed by atoms with Crippen LogP contribution in [0.4, 0.5) is 4.79 Å². The zero-order valence-corrected chi connectivity index (χ0v) is 16.0. The number of ether oxygens (including phenoxy) is 2. The van der Waals surface area contributed by atoms with E-state index in [9.17, 15) is 9.59 Å². The van der Waals surface area contributed by atoms with Gasteiger partial charge in [-0.2, -0.15) is 0 Å². The van der Waals surface area contributed by atoms with Gasteiger partial charge in [0.05, 0.1) is 7.11 Å². The minimum Gasteiger partial charge on any atom is -0.467 e. The first-order valence-corrected chi connectivity index (χ1v) is 9.88. The zero-order valence-electron chi connectivity index (χ0n) is 16.0. The van der Waals surface area contributed by atoms with Crippen LogP contribution in [0.25, 0.3) is 11.1 Å². The molecule has 0 bridgehead atoms. The second kappa shape index (κ2) is 8.05. The molecule has 1 fully saturated rings. The quantitative estimate of drug-likeness (QED) is 0.789. The first kappa shape index (κ1) is 18.5. The Balaban J connectivity index is 1.45. The number of carbonyl (C=O) groups is 2. The Morgan fingerprint density at radius 2 is 1.57 bits per heavy atom. The van der Waals surface area contributed by atoms with Gasteiger partial charge < -0.3 is 14.8 Å². The van der Waals surface area contributed by atoms with Crippen molar-refractivity contribution in [3.8, 4) is 11.1 Å². The van der Waals surface area contributed by atoms with E-state index in [-0.39, 0.29) is 18.4 Å². The third-order valence-corrected chi connectivity index (χ3v) is 5.94. The monoisotopic (exact) mass is 379 g/mol. The van der Waals surface area contributed by atoms with Crippen LogP contribution in [0.2, 0.25) is 0 Å². The Bertz CT molecular complexity index is 827. The number of benzene rings is 2. The first-order valence-electron chi connectivity index (χ1n) is 9.88. The van der Waals surface area contributed by atoms with Crippen LogP contribution in [-0.2, 0) is 14.3 Å². The molecule has 0 unspecified atom stereocenters. The summed E-state index contributed by atoms with van der Waals surface area (Å²) in [7, 11) is 1.35. The van der Waals surface area contributed by atoms with E-state index in [0.29, 0.717) is 0 Å². The van der Waals surface area contributed by atoms with Crippen molar-refractivity contribution >= 4 is 12.1 Å². The molecule has 5 heteroatoms. The van der Waals surface area contributed by atoms with Crippen LogP contribution in [0.1, 0.15) is 42.7 Å². The molecule has 0 aromatic heterocycles. The molecule has 0 radical (unpaired) electrons. The summed E-state index contributed by atoms with van der Waals surface area (Å²) in [5.41, 5.74) is 4.70. The minimum absolute atomic E-state index is 0.00112. The number of nitrogens with one attached hydrogen (secondary N) is 1. The van der Waals surface area contributed by atoms with Crippen molar-refractivity contribution in [3.05, 3.63) is 59.7 Å². The number of alkyl carbamates (subject to hydrolysis) is 1. The lowest BCUT2D eigenvalue weighted by Gasteiger charge is -2.22. The number of hydrogen-bond donors (Lipinski definition) is 1. The lowest BCUT2D eigenvalue weighted by atomic mass is 9.98. The Morgan fingerprint density at radius 3 is 2.14 bits per heavy atom. The normalized spacial score (nSPS) is 16.9. The van der Waals surface area contributed by atoms with Crippen molar-refractivity contribution in [2.75, 3.05) is 13.7 Å². The van der Waals surface area contributed by atoms with Crippen LogP contribution in [0.5, 0.6) is 0 Å². The lowest BCUT2D eigenvalue weighted by molar-refractivity contribution is -0.144. The molecule has 1 atom stereocenters. The third-order valence-electron chi connectivity index (χ3n) is 5.94. The van der Waals surface area contributed by atoms with Gasteiger partial charge in [0.1, 0.15) is 12.6 Å². The number of fused-ring (bicyclic) bond motifs is 3. The average Bonchev–Trinajstić information content (AvgIpc) is 3.37. The predicted molar refractivity (Wildman–Crippen MR) is 106 cm³/mol. The molecule has 2 aliphatic rings. The maximum Gasteiger partial charge on any atom is 0.407 e. The molecule has 0 aliphatic heterocycles. The van der Waals surface area contributed by atoms with Crippen LogP contribution in [0.3, 0.4) is 0 Å². The molecular weight excluding hydrogens is 354 g/mol. The zero-order chi connectivity index (χ0) is 19.5. The summed E-state index contributed by atoms with van der Waals surface area (Å²) >= 11 is 0. The third kappa shape index (κ3) is 3.49. The molecule has 28 heavy (non-hydrogen) atoms. The number of methoxy groups -OCH3 is 1. The van der Waals surface area contributed by atoms with Crippen LogP contribution in [0, 0.1) is 5.92 Å². The summed E-state index contributed by atoms with van der Waals surface area (Å²) in [6.07, 6.45) is 3.42. The van der Waals surface area contributed by atoms with Crippen LogP contribution in [0.15, 0.2) is 48.5 Å². The van der Waals surface area contributed by atoms with Gasteiger partial charge >= 0.3 is 12.1 Å². The SMILES string of the molecule is COC(=O)[C@@H](NC(=O)OCC1c2ccccc2-c2ccccc21)C1CCCC1. The second-order valence-electron chi connectivity index (χ2n) is 7.52. The van der Waals surface area contributed by atoms with E-state index < -0.39 is 18.1 Å². The van der Waals surface area contributed by atoms with Gasteiger partial charge in [0.2, 0.25) is 0 Å². The van der Waals surface area contributed by atoms with Crippen LogP contribution >= 0.6 is 0 Å². The summed E-state index contributed by atoms with van der Waals surface area (Å²) in [4.78, 5) is 24.6. The van der Waals surface area contributed by atoms with E-state index in [1.54, 1.807) is 0 Å². The van der Waals surface area contributed by atoms with Gasteiger partial charge in [-0.15, -0.1) is 0 Å². The summed E-state index contributed by atoms with van der Waals surface area (Å²) in [6.45, 7) is 0.235. The van der Waals surface area contributed by atoms with Crippen molar-refractivity contribution in [1.82, 2.24) is 5.32 Å². The predicted octanol–water partition coefficient (Wildman–Crippen LogP) is 4.26. The van der Waals surface area contributed by atoms with Gasteiger partial charge in [0.15, 0.2) is 0 Å². The topological polar surface area (TPSA) is 64.6 Å². The van der Waals surface area contributed by atoms with Gasteiger partial charge in [-0.25, -0.2) is 9.59 Å². The number of amides is 1. The van der Waals surface area contributed by atoms with E-state index in [4.69, 9.17) is 9.47 Å². The summed E-state index contributed by atoms with van der Waals surface area (Å²) < 4.78 is 10.5. The molecule has 0 saturated heterocycles. The first-order chi connectivity index (χ1) is 13.7. The summed E-state index contributed by atoms with van der Waals surface area (Å²) in [6, 6.07) is 15.8. The fourth-order valence-electron chi connectivity index (χ4n) is 4.55. The largest absolute Gasteiger partial charge is 0.467 e. The van der Waals surface area contributed by atoms with Gasteiger partial charge in [0, 0.05) is 5.92 Å². The highest BCUT2D eigenvalue weighted by Crippen LogP contribution is 2.44. The Kier molecular flexibility index (Phi) is 5.33. The molecule has 146 valence electrons. The molecule has 0 spiro atoms. The van der Waals surface area contributed by atoms with Crippen molar-refractivity contribution in [2.45, 2.75) is 37.6 Å². The van der Waals surface area contributed by atoms with E-state index in [2.05, 4.69) is 29.6 Å². The van der Waals surface area contributed by atoms with Gasteiger partial charge in [-0.3, -0.25) is 0 Å². The van der Waals surface area contributed by atoms with E-state index in [1.807, 2.05) is 24.3 Å². The van der Waals surface area contributed by atoms with Crippen molar-refractivity contribution in [1.29, 1.82) is 0 Å². The molecule has 0 heterocycles. The van der Waals surface area contributed by atoms with Gasteiger partial charge in [-0.05, 0) is 41.0 Å². The van der Waals surface area contributed by atoms with Gasteiger partial charge in [-0.1, -0.05) is 61.4 Å². The van der Waals surface area contributed by atoms with Crippen molar-refractivity contribution in [2.24, 2.45) is 5.92 Å². The summed E-state index contributed by atoms with van der Waals surface area (Å²) in [5.74, 6) is -0.283. The Labute approximate surface area is 165 Å². The number of rotatable bonds is 5. The van der Waals surface area contributed by atoms with E-state index in [1.165, 1.54) is 18.2 Å². The van der Waals surface area contributed by atoms with Crippen LogP contribution in [-0.4, -0.2) is 31.8 Å². The fraction of sp³-hybridized carbons (Fsp3) is 0.391. The fourth-order valence-corrected chi connectivity index (χ4v) is 4.55. The standard InChI is InChI=1S/C23H25NO4/c1-27-22(25)21(15-8-2-3-9-15)24-23(26)28-14-20-18-12-6-4-10-16(18)17-11-5-7-13-19(17)20/h4-7,10-13,15,20-21H,2-3,8-9,14H2,1H3,(H,24,26)/t21-/m0/s1. The van der Waals surface area contributed by atoms with E-state index >= 15 is 0 Å². The second-order valence-corrected chi connectivity index (χ2v) is 7.52. The van der Waals surface area contributed by atoms with Gasteiger partial charge in [0.25, 0.3) is 0 Å². The molecule has 1 amide bonds. The maximum absolute atomic E-state index is 12.5. The average molecular weight is 379 g/mol. The lowest BCUT2D eigenvalue weighted by Crippen LogP contribution is -2.46. The minimum atomic E-state index is -0.636. The van der Waals surface area contributed by atoms with Crippen molar-refractivity contribution in [3.63, 3.8) is 0 Å². The molecule has 2 aromatic rings. The molecule has 2 aromatic carbocycles. The highest BCUT2D eigenvalue weighted by Gasteiger charge is 2.34. The Hall–Kier alpha value is -2.82. The molecular formula is C23H25NO4. The van der Waals surface area contributed by atoms with Crippen LogP contribution < -0.4 is 5.32 Å². The highest BCUT2D eigenvalue weighted by atomic mass is 16.6. The molecule has 5 nitrogen and oxygen atoms in total. The van der Waals surface area contributed by atoms with E-state index in [0.717, 1.165) is 36.8 Å². The smallest absolute Gasteiger partial charge is 0.407 e. The Morgan fingerprint density at radius 1 is 1.00 bits per heavy atom.